The first-order valence-electron chi connectivity index (χ1n) is 11.8. The predicted molar refractivity (Wildman–Crippen MR) is 134 cm³/mol. The Kier molecular flexibility index (Phi) is 6.31. The van der Waals surface area contributed by atoms with E-state index in [1.165, 1.54) is 24.3 Å². The van der Waals surface area contributed by atoms with Gasteiger partial charge in [0.2, 0.25) is 0 Å². The fraction of sp³-hybridized carbons (Fsp3) is 0.407. The maximum Gasteiger partial charge on any atom is 0.160 e. The standard InChI is InChI=1S/C27H28ClF2NO3S/c1-26(11-9-19(29)10-12-26)35(32,33)17-27-13-14-31-25(27)8-5-18-15-20(6-7-22(18)27)34-16-21-23(28)3-2-4-24(21)30/h2-4,6-7,9-11,15,25,31H,5,8,12-14,16-17H2,1H3/t25-,26?,27-/m1/s1. The molecule has 2 aromatic rings. The molecule has 1 heterocycles. The zero-order valence-corrected chi connectivity index (χ0v) is 21.1. The summed E-state index contributed by atoms with van der Waals surface area (Å²) in [5, 5.41) is 3.83. The summed E-state index contributed by atoms with van der Waals surface area (Å²) < 4.78 is 59.9. The molecule has 8 heteroatoms. The van der Waals surface area contributed by atoms with Crippen molar-refractivity contribution in [2.45, 2.75) is 55.4 Å². The Morgan fingerprint density at radius 3 is 2.80 bits per heavy atom. The van der Waals surface area contributed by atoms with Gasteiger partial charge >= 0.3 is 0 Å². The number of sulfone groups is 1. The lowest BCUT2D eigenvalue weighted by Crippen LogP contribution is -2.51. The summed E-state index contributed by atoms with van der Waals surface area (Å²) >= 11 is 6.12. The Morgan fingerprint density at radius 2 is 2.06 bits per heavy atom. The molecule has 0 radical (unpaired) electrons. The van der Waals surface area contributed by atoms with Crippen LogP contribution in [0.3, 0.4) is 0 Å². The first kappa shape index (κ1) is 24.5. The number of hydrogen-bond acceptors (Lipinski definition) is 4. The average molecular weight is 520 g/mol. The second-order valence-corrected chi connectivity index (χ2v) is 12.8. The quantitative estimate of drug-likeness (QED) is 0.540. The van der Waals surface area contributed by atoms with Gasteiger partial charge in [-0.3, -0.25) is 0 Å². The van der Waals surface area contributed by atoms with Gasteiger partial charge in [-0.2, -0.15) is 0 Å². The van der Waals surface area contributed by atoms with Crippen LogP contribution < -0.4 is 10.1 Å². The molecule has 1 fully saturated rings. The third-order valence-electron chi connectivity index (χ3n) is 7.84. The fourth-order valence-corrected chi connectivity index (χ4v) is 8.03. The largest absolute Gasteiger partial charge is 0.489 e. The molecule has 0 spiro atoms. The molecule has 1 unspecified atom stereocenters. The minimum absolute atomic E-state index is 0.00274. The van der Waals surface area contributed by atoms with Gasteiger partial charge in [0, 0.05) is 17.0 Å². The van der Waals surface area contributed by atoms with E-state index < -0.39 is 31.6 Å². The van der Waals surface area contributed by atoms with E-state index in [1.54, 1.807) is 19.1 Å². The highest BCUT2D eigenvalue weighted by molar-refractivity contribution is 7.93. The molecule has 5 rings (SSSR count). The Labute approximate surface area is 209 Å². The van der Waals surface area contributed by atoms with Gasteiger partial charge < -0.3 is 10.1 Å². The molecular formula is C27H28ClF2NO3S. The summed E-state index contributed by atoms with van der Waals surface area (Å²) in [4.78, 5) is 0. The van der Waals surface area contributed by atoms with Gasteiger partial charge in [-0.1, -0.05) is 29.8 Å². The Morgan fingerprint density at radius 1 is 1.23 bits per heavy atom. The maximum atomic E-state index is 14.1. The van der Waals surface area contributed by atoms with Gasteiger partial charge in [-0.15, -0.1) is 0 Å². The number of halogens is 3. The van der Waals surface area contributed by atoms with E-state index in [9.17, 15) is 17.2 Å². The average Bonchev–Trinajstić information content (AvgIpc) is 3.23. The number of hydrogen-bond donors (Lipinski definition) is 1. The van der Waals surface area contributed by atoms with Crippen molar-refractivity contribution >= 4 is 21.4 Å². The van der Waals surface area contributed by atoms with Crippen molar-refractivity contribution in [1.82, 2.24) is 5.32 Å². The van der Waals surface area contributed by atoms with Crippen molar-refractivity contribution in [2.24, 2.45) is 0 Å². The van der Waals surface area contributed by atoms with E-state index in [0.29, 0.717) is 22.8 Å². The molecule has 0 saturated carbocycles. The Bertz CT molecular complexity index is 1310. The molecule has 0 amide bonds. The molecule has 4 nitrogen and oxygen atoms in total. The fourth-order valence-electron chi connectivity index (χ4n) is 5.70. The second-order valence-electron chi connectivity index (χ2n) is 9.96. The highest BCUT2D eigenvalue weighted by Crippen LogP contribution is 2.47. The number of ether oxygens (including phenoxy) is 1. The van der Waals surface area contributed by atoms with Gasteiger partial charge in [-0.05, 0) is 86.7 Å². The summed E-state index contributed by atoms with van der Waals surface area (Å²) in [5.74, 6) is -0.234. The highest BCUT2D eigenvalue weighted by Gasteiger charge is 2.52. The van der Waals surface area contributed by atoms with Crippen molar-refractivity contribution in [3.05, 3.63) is 88.0 Å². The third kappa shape index (κ3) is 4.32. The Hall–Kier alpha value is -2.22. The lowest BCUT2D eigenvalue weighted by atomic mass is 9.68. The summed E-state index contributed by atoms with van der Waals surface area (Å²) in [6.45, 7) is 2.41. The smallest absolute Gasteiger partial charge is 0.160 e. The molecule has 0 bridgehead atoms. The molecule has 2 aliphatic carbocycles. The lowest BCUT2D eigenvalue weighted by molar-refractivity contribution is 0.297. The van der Waals surface area contributed by atoms with Crippen LogP contribution in [0.4, 0.5) is 8.78 Å². The van der Waals surface area contributed by atoms with Crippen LogP contribution in [0.15, 0.2) is 60.5 Å². The molecule has 1 N–H and O–H groups in total. The zero-order chi connectivity index (χ0) is 24.8. The number of allylic oxidation sites excluding steroid dienone is 3. The lowest BCUT2D eigenvalue weighted by Gasteiger charge is -2.42. The van der Waals surface area contributed by atoms with Crippen LogP contribution in [-0.2, 0) is 28.3 Å². The van der Waals surface area contributed by atoms with Crippen molar-refractivity contribution in [2.75, 3.05) is 12.3 Å². The van der Waals surface area contributed by atoms with Crippen LogP contribution in [0.5, 0.6) is 5.75 Å². The highest BCUT2D eigenvalue weighted by atomic mass is 35.5. The molecule has 1 aliphatic heterocycles. The molecule has 1 saturated heterocycles. The number of nitrogens with one attached hydrogen (secondary N) is 1. The van der Waals surface area contributed by atoms with E-state index >= 15 is 0 Å². The van der Waals surface area contributed by atoms with Crippen LogP contribution in [0.1, 0.15) is 42.9 Å². The van der Waals surface area contributed by atoms with Crippen molar-refractivity contribution in [3.63, 3.8) is 0 Å². The molecule has 0 aromatic heterocycles. The van der Waals surface area contributed by atoms with Crippen LogP contribution in [0, 0.1) is 5.82 Å². The number of rotatable bonds is 6. The van der Waals surface area contributed by atoms with Gasteiger partial charge in [0.25, 0.3) is 0 Å². The second kappa shape index (κ2) is 9.02. The van der Waals surface area contributed by atoms with Crippen LogP contribution in [0.2, 0.25) is 5.02 Å². The monoisotopic (exact) mass is 519 g/mol. The normalized spacial score (nSPS) is 27.8. The Balaban J connectivity index is 1.43. The molecule has 3 atom stereocenters. The minimum atomic E-state index is -3.60. The van der Waals surface area contributed by atoms with Crippen LogP contribution in [0.25, 0.3) is 0 Å². The summed E-state index contributed by atoms with van der Waals surface area (Å²) in [5.41, 5.74) is 1.81. The SMILES string of the molecule is CC1(S(=O)(=O)C[C@@]23CCN[C@@H]2CCc2cc(OCc4c(F)cccc4Cl)ccc23)C=CC(F)=CC1. The summed E-state index contributed by atoms with van der Waals surface area (Å²) in [6.07, 6.45) is 6.52. The van der Waals surface area contributed by atoms with E-state index in [1.807, 2.05) is 18.2 Å². The first-order valence-corrected chi connectivity index (χ1v) is 13.9. The zero-order valence-electron chi connectivity index (χ0n) is 19.5. The van der Waals surface area contributed by atoms with E-state index in [-0.39, 0.29) is 24.8 Å². The molecule has 35 heavy (non-hydrogen) atoms. The van der Waals surface area contributed by atoms with Crippen molar-refractivity contribution < 1.29 is 21.9 Å². The van der Waals surface area contributed by atoms with Gasteiger partial charge in [-0.25, -0.2) is 17.2 Å². The topological polar surface area (TPSA) is 55.4 Å². The van der Waals surface area contributed by atoms with E-state index in [4.69, 9.17) is 16.3 Å². The van der Waals surface area contributed by atoms with Crippen LogP contribution in [-0.4, -0.2) is 31.5 Å². The van der Waals surface area contributed by atoms with Gasteiger partial charge in [0.1, 0.15) is 24.0 Å². The first-order chi connectivity index (χ1) is 16.6. The van der Waals surface area contributed by atoms with Crippen molar-refractivity contribution in [1.29, 1.82) is 0 Å². The molecular weight excluding hydrogens is 492 g/mol. The summed E-state index contributed by atoms with van der Waals surface area (Å²) in [6, 6.07) is 10.3. The molecule has 186 valence electrons. The summed E-state index contributed by atoms with van der Waals surface area (Å²) in [7, 11) is -3.60. The van der Waals surface area contributed by atoms with E-state index in [0.717, 1.165) is 30.5 Å². The van der Waals surface area contributed by atoms with Crippen LogP contribution >= 0.6 is 11.6 Å². The number of fused-ring (bicyclic) bond motifs is 3. The maximum absolute atomic E-state index is 14.1. The third-order valence-corrected chi connectivity index (χ3v) is 10.8. The predicted octanol–water partition coefficient (Wildman–Crippen LogP) is 5.59. The number of aryl methyl sites for hydroxylation is 1. The minimum Gasteiger partial charge on any atom is -0.489 e. The molecule has 3 aliphatic rings. The van der Waals surface area contributed by atoms with E-state index in [2.05, 4.69) is 5.32 Å². The molecule has 2 aromatic carbocycles. The van der Waals surface area contributed by atoms with Gasteiger partial charge in [0.15, 0.2) is 9.84 Å². The van der Waals surface area contributed by atoms with Crippen molar-refractivity contribution in [3.8, 4) is 5.75 Å². The van der Waals surface area contributed by atoms with Gasteiger partial charge in [0.05, 0.1) is 15.5 Å². The number of benzene rings is 2.